The maximum Gasteiger partial charge on any atom is 0.417 e. The molecule has 0 heterocycles. The highest BCUT2D eigenvalue weighted by atomic mass is 35.5. The van der Waals surface area contributed by atoms with E-state index in [4.69, 9.17) is 46.4 Å². The Kier molecular flexibility index (Phi) is 7.97. The number of alkyl halides is 5. The fourth-order valence-electron chi connectivity index (χ4n) is 4.09. The first-order valence-corrected chi connectivity index (χ1v) is 12.5. The number of anilines is 3. The molecule has 3 aromatic rings. The molecule has 39 heavy (non-hydrogen) atoms. The fourth-order valence-corrected chi connectivity index (χ4v) is 5.34. The molecule has 5 nitrogen and oxygen atoms in total. The minimum absolute atomic E-state index is 0.0453. The predicted molar refractivity (Wildman–Crippen MR) is 141 cm³/mol. The smallest absolute Gasteiger partial charge is 0.383 e. The minimum atomic E-state index is -4.73. The Labute approximate surface area is 238 Å². The lowest BCUT2D eigenvalue weighted by molar-refractivity contribution is -0.137. The number of hydrogen-bond donors (Lipinski definition) is 3. The number of halogens is 9. The van der Waals surface area contributed by atoms with Gasteiger partial charge >= 0.3 is 6.18 Å². The highest BCUT2D eigenvalue weighted by Gasteiger charge is 2.67. The van der Waals surface area contributed by atoms with Crippen molar-refractivity contribution < 1.29 is 31.5 Å². The summed E-state index contributed by atoms with van der Waals surface area (Å²) in [5, 5.41) is 6.59. The Morgan fingerprint density at radius 2 is 1.59 bits per heavy atom. The molecule has 0 aliphatic heterocycles. The number of benzene rings is 3. The first-order valence-electron chi connectivity index (χ1n) is 11.0. The van der Waals surface area contributed by atoms with Gasteiger partial charge in [0, 0.05) is 18.7 Å². The van der Waals surface area contributed by atoms with Gasteiger partial charge in [-0.25, -0.2) is 8.78 Å². The second-order valence-electron chi connectivity index (χ2n) is 8.54. The van der Waals surface area contributed by atoms with Crippen LogP contribution >= 0.6 is 46.4 Å². The Hall–Kier alpha value is -2.79. The summed E-state index contributed by atoms with van der Waals surface area (Å²) in [6.07, 6.45) is -4.73. The van der Waals surface area contributed by atoms with E-state index in [9.17, 15) is 31.5 Å². The SMILES string of the molecule is CNc1c(F)ccc(NC(=O)c2cc(NC(=O)[C@H]3[C@H](c4ccc(Cl)c(C(F)(F)F)c4)C3(Cl)Cl)ccc2Cl)c1F. The molecule has 1 saturated carbocycles. The van der Waals surface area contributed by atoms with Gasteiger partial charge in [-0.2, -0.15) is 13.2 Å². The van der Waals surface area contributed by atoms with Crippen molar-refractivity contribution >= 4 is 75.3 Å². The van der Waals surface area contributed by atoms with Crippen molar-refractivity contribution in [1.29, 1.82) is 0 Å². The van der Waals surface area contributed by atoms with Gasteiger partial charge in [-0.05, 0) is 48.0 Å². The van der Waals surface area contributed by atoms with Crippen LogP contribution in [0.4, 0.5) is 39.0 Å². The highest BCUT2D eigenvalue weighted by Crippen LogP contribution is 2.65. The lowest BCUT2D eigenvalue weighted by Gasteiger charge is -2.13. The summed E-state index contributed by atoms with van der Waals surface area (Å²) in [6.45, 7) is 0. The molecule has 4 rings (SSSR count). The van der Waals surface area contributed by atoms with Gasteiger partial charge in [-0.3, -0.25) is 9.59 Å². The van der Waals surface area contributed by atoms with Crippen molar-refractivity contribution in [3.05, 3.63) is 86.9 Å². The molecule has 14 heteroatoms. The molecule has 206 valence electrons. The first-order chi connectivity index (χ1) is 18.2. The second kappa shape index (κ2) is 10.6. The number of nitrogens with one attached hydrogen (secondary N) is 3. The van der Waals surface area contributed by atoms with E-state index in [0.717, 1.165) is 24.3 Å². The molecule has 1 aliphatic carbocycles. The van der Waals surface area contributed by atoms with E-state index in [-0.39, 0.29) is 27.5 Å². The van der Waals surface area contributed by atoms with Crippen LogP contribution in [0.15, 0.2) is 48.5 Å². The summed E-state index contributed by atoms with van der Waals surface area (Å²) in [5.74, 6) is -5.61. The number of carbonyl (C=O) groups excluding carboxylic acids is 2. The summed E-state index contributed by atoms with van der Waals surface area (Å²) in [4.78, 5) is 25.8. The Morgan fingerprint density at radius 1 is 0.923 bits per heavy atom. The van der Waals surface area contributed by atoms with Crippen LogP contribution in [0.25, 0.3) is 0 Å². The third-order valence-electron chi connectivity index (χ3n) is 6.06. The average Bonchev–Trinajstić information content (AvgIpc) is 3.43. The monoisotopic (exact) mass is 625 g/mol. The zero-order chi connectivity index (χ0) is 28.9. The Balaban J connectivity index is 1.53. The highest BCUT2D eigenvalue weighted by molar-refractivity contribution is 6.53. The number of rotatable bonds is 6. The maximum atomic E-state index is 14.5. The largest absolute Gasteiger partial charge is 0.417 e. The van der Waals surface area contributed by atoms with E-state index < -0.39 is 62.1 Å². The average molecular weight is 627 g/mol. The van der Waals surface area contributed by atoms with Crippen LogP contribution in [0.5, 0.6) is 0 Å². The molecule has 0 radical (unpaired) electrons. The van der Waals surface area contributed by atoms with Gasteiger partial charge < -0.3 is 16.0 Å². The molecule has 0 saturated heterocycles. The van der Waals surface area contributed by atoms with Crippen LogP contribution in [-0.4, -0.2) is 23.2 Å². The third-order valence-corrected chi connectivity index (χ3v) is 7.66. The zero-order valence-corrected chi connectivity index (χ0v) is 22.5. The second-order valence-corrected chi connectivity index (χ2v) is 10.8. The fraction of sp³-hybridized carbons (Fsp3) is 0.200. The molecule has 0 spiro atoms. The van der Waals surface area contributed by atoms with Crippen LogP contribution in [0, 0.1) is 17.6 Å². The topological polar surface area (TPSA) is 70.2 Å². The molecule has 0 aromatic heterocycles. The van der Waals surface area contributed by atoms with Crippen LogP contribution in [0.3, 0.4) is 0 Å². The van der Waals surface area contributed by atoms with Crippen molar-refractivity contribution in [1.82, 2.24) is 0 Å². The van der Waals surface area contributed by atoms with Crippen molar-refractivity contribution in [3.63, 3.8) is 0 Å². The van der Waals surface area contributed by atoms with E-state index in [1.54, 1.807) is 0 Å². The molecule has 2 amide bonds. The van der Waals surface area contributed by atoms with Gasteiger partial charge in [0.05, 0.1) is 32.8 Å². The van der Waals surface area contributed by atoms with Crippen LogP contribution in [0.2, 0.25) is 10.0 Å². The number of carbonyl (C=O) groups is 2. The summed E-state index contributed by atoms with van der Waals surface area (Å²) >= 11 is 24.3. The van der Waals surface area contributed by atoms with Crippen molar-refractivity contribution in [2.45, 2.75) is 16.4 Å². The molecule has 3 aromatic carbocycles. The molecular formula is C25H16Cl4F5N3O2. The van der Waals surface area contributed by atoms with Crippen LogP contribution in [-0.2, 0) is 11.0 Å². The van der Waals surface area contributed by atoms with E-state index in [0.29, 0.717) is 0 Å². The summed E-state index contributed by atoms with van der Waals surface area (Å²) < 4.78 is 66.4. The summed E-state index contributed by atoms with van der Waals surface area (Å²) in [5.41, 5.74) is -1.89. The summed E-state index contributed by atoms with van der Waals surface area (Å²) in [7, 11) is 1.30. The van der Waals surface area contributed by atoms with Gasteiger partial charge in [-0.15, -0.1) is 23.2 Å². The van der Waals surface area contributed by atoms with Gasteiger partial charge in [0.15, 0.2) is 5.82 Å². The standard InChI is InChI=1S/C25H16Cl4F5N3O2/c1-35-21-16(30)6-7-17(20(21)31)37-22(38)12-9-11(3-5-14(12)26)36-23(39)19-18(24(19,28)29)10-2-4-15(27)13(8-10)25(32,33)34/h2-9,18-19,35H,1H3,(H,36,39)(H,37,38)/t18-,19+/m0/s1. The molecule has 1 aliphatic rings. The third kappa shape index (κ3) is 5.75. The molecule has 3 N–H and O–H groups in total. The normalized spacial score (nSPS) is 17.9. The van der Waals surface area contributed by atoms with Crippen molar-refractivity contribution in [2.75, 3.05) is 23.0 Å². The predicted octanol–water partition coefficient (Wildman–Crippen LogP) is 8.11. The summed E-state index contributed by atoms with van der Waals surface area (Å²) in [6, 6.07) is 8.97. The van der Waals surface area contributed by atoms with Gasteiger partial charge in [0.25, 0.3) is 5.91 Å². The van der Waals surface area contributed by atoms with Crippen molar-refractivity contribution in [2.24, 2.45) is 5.92 Å². The van der Waals surface area contributed by atoms with Gasteiger partial charge in [0.2, 0.25) is 5.91 Å². The lowest BCUT2D eigenvalue weighted by Crippen LogP contribution is -2.18. The van der Waals surface area contributed by atoms with E-state index in [1.165, 1.54) is 31.3 Å². The lowest BCUT2D eigenvalue weighted by atomic mass is 10.0. The zero-order valence-electron chi connectivity index (χ0n) is 19.5. The molecular weight excluding hydrogens is 611 g/mol. The van der Waals surface area contributed by atoms with E-state index in [1.807, 2.05) is 0 Å². The number of hydrogen-bond acceptors (Lipinski definition) is 3. The van der Waals surface area contributed by atoms with E-state index in [2.05, 4.69) is 16.0 Å². The van der Waals surface area contributed by atoms with E-state index >= 15 is 0 Å². The molecule has 0 unspecified atom stereocenters. The Bertz CT molecular complexity index is 1480. The quantitative estimate of drug-likeness (QED) is 0.191. The molecule has 2 atom stereocenters. The van der Waals surface area contributed by atoms with Crippen LogP contribution in [0.1, 0.15) is 27.4 Å². The van der Waals surface area contributed by atoms with Crippen LogP contribution < -0.4 is 16.0 Å². The number of amides is 2. The Morgan fingerprint density at radius 3 is 2.23 bits per heavy atom. The van der Waals surface area contributed by atoms with Crippen molar-refractivity contribution in [3.8, 4) is 0 Å². The first kappa shape index (κ1) is 29.2. The van der Waals surface area contributed by atoms with Gasteiger partial charge in [-0.1, -0.05) is 29.3 Å². The maximum absolute atomic E-state index is 14.5. The minimum Gasteiger partial charge on any atom is -0.383 e. The molecule has 1 fully saturated rings. The molecule has 0 bridgehead atoms. The van der Waals surface area contributed by atoms with Gasteiger partial charge in [0.1, 0.15) is 15.8 Å².